The van der Waals surface area contributed by atoms with E-state index >= 15 is 0 Å². The Labute approximate surface area is 115 Å². The molecule has 1 aromatic rings. The van der Waals surface area contributed by atoms with Gasteiger partial charge in [0.1, 0.15) is 5.75 Å². The van der Waals surface area contributed by atoms with Crippen LogP contribution in [-0.2, 0) is 4.79 Å². The SMILES string of the molecule is COc1ccc(NCC(=O)N2CCCC2)cc1Br. The molecule has 0 radical (unpaired) electrons. The largest absolute Gasteiger partial charge is 0.496 e. The predicted molar refractivity (Wildman–Crippen MR) is 75.0 cm³/mol. The third-order valence-electron chi connectivity index (χ3n) is 3.05. The van der Waals surface area contributed by atoms with Crippen molar-refractivity contribution in [2.24, 2.45) is 0 Å². The number of methoxy groups -OCH3 is 1. The van der Waals surface area contributed by atoms with Crippen LogP contribution < -0.4 is 10.1 Å². The van der Waals surface area contributed by atoms with Crippen molar-refractivity contribution in [3.05, 3.63) is 22.7 Å². The minimum Gasteiger partial charge on any atom is -0.496 e. The number of benzene rings is 1. The van der Waals surface area contributed by atoms with E-state index in [0.717, 1.165) is 41.8 Å². The number of amides is 1. The molecule has 0 bridgehead atoms. The summed E-state index contributed by atoms with van der Waals surface area (Å²) < 4.78 is 6.04. The number of hydrogen-bond acceptors (Lipinski definition) is 3. The molecule has 0 spiro atoms. The second kappa shape index (κ2) is 6.09. The number of nitrogens with one attached hydrogen (secondary N) is 1. The first kappa shape index (κ1) is 13.2. The topological polar surface area (TPSA) is 41.6 Å². The van der Waals surface area contributed by atoms with Crippen molar-refractivity contribution in [2.75, 3.05) is 32.1 Å². The zero-order chi connectivity index (χ0) is 13.0. The van der Waals surface area contributed by atoms with Crippen LogP contribution in [0.2, 0.25) is 0 Å². The minimum atomic E-state index is 0.166. The molecular weight excluding hydrogens is 296 g/mol. The van der Waals surface area contributed by atoms with Crippen LogP contribution in [0.3, 0.4) is 0 Å². The first-order valence-corrected chi connectivity index (χ1v) is 6.85. The van der Waals surface area contributed by atoms with E-state index in [9.17, 15) is 4.79 Å². The van der Waals surface area contributed by atoms with E-state index in [1.165, 1.54) is 0 Å². The van der Waals surface area contributed by atoms with E-state index in [1.54, 1.807) is 7.11 Å². The molecule has 0 saturated carbocycles. The molecule has 2 rings (SSSR count). The van der Waals surface area contributed by atoms with Crippen molar-refractivity contribution in [3.8, 4) is 5.75 Å². The van der Waals surface area contributed by atoms with Gasteiger partial charge in [-0.1, -0.05) is 0 Å². The molecule has 1 aliphatic rings. The lowest BCUT2D eigenvalue weighted by atomic mass is 10.3. The Balaban J connectivity index is 1.89. The number of anilines is 1. The predicted octanol–water partition coefficient (Wildman–Crippen LogP) is 2.49. The Hall–Kier alpha value is -1.23. The molecule has 1 N–H and O–H groups in total. The molecule has 0 atom stereocenters. The van der Waals surface area contributed by atoms with Crippen molar-refractivity contribution in [2.45, 2.75) is 12.8 Å². The molecule has 98 valence electrons. The highest BCUT2D eigenvalue weighted by atomic mass is 79.9. The lowest BCUT2D eigenvalue weighted by Crippen LogP contribution is -2.32. The number of likely N-dealkylation sites (tertiary alicyclic amines) is 1. The van der Waals surface area contributed by atoms with Crippen LogP contribution in [0.25, 0.3) is 0 Å². The summed E-state index contributed by atoms with van der Waals surface area (Å²) in [5.41, 5.74) is 0.912. The van der Waals surface area contributed by atoms with E-state index < -0.39 is 0 Å². The highest BCUT2D eigenvalue weighted by Crippen LogP contribution is 2.27. The van der Waals surface area contributed by atoms with Gasteiger partial charge in [0.05, 0.1) is 18.1 Å². The standard InChI is InChI=1S/C13H17BrN2O2/c1-18-12-5-4-10(8-11(12)14)15-9-13(17)16-6-2-3-7-16/h4-5,8,15H,2-3,6-7,9H2,1H3. The number of hydrogen-bond donors (Lipinski definition) is 1. The van der Waals surface area contributed by atoms with Gasteiger partial charge in [0.25, 0.3) is 0 Å². The van der Waals surface area contributed by atoms with E-state index in [2.05, 4.69) is 21.2 Å². The number of ether oxygens (including phenoxy) is 1. The first-order chi connectivity index (χ1) is 8.70. The molecule has 4 nitrogen and oxygen atoms in total. The number of rotatable bonds is 4. The molecule has 1 fully saturated rings. The molecule has 1 saturated heterocycles. The third kappa shape index (κ3) is 3.16. The Morgan fingerprint density at radius 1 is 1.44 bits per heavy atom. The fourth-order valence-electron chi connectivity index (χ4n) is 2.03. The Bertz CT molecular complexity index is 431. The maximum absolute atomic E-state index is 11.9. The maximum atomic E-state index is 11.9. The van der Waals surface area contributed by atoms with Gasteiger partial charge in [0.15, 0.2) is 0 Å². The molecule has 0 unspecified atom stereocenters. The summed E-state index contributed by atoms with van der Waals surface area (Å²) in [7, 11) is 1.63. The molecule has 0 aliphatic carbocycles. The quantitative estimate of drug-likeness (QED) is 0.928. The zero-order valence-electron chi connectivity index (χ0n) is 10.4. The fourth-order valence-corrected chi connectivity index (χ4v) is 2.57. The van der Waals surface area contributed by atoms with Gasteiger partial charge in [-0.05, 0) is 47.0 Å². The average molecular weight is 313 g/mol. The normalized spacial score (nSPS) is 14.7. The smallest absolute Gasteiger partial charge is 0.241 e. The summed E-state index contributed by atoms with van der Waals surface area (Å²) in [5, 5.41) is 3.14. The van der Waals surface area contributed by atoms with Gasteiger partial charge in [0, 0.05) is 18.8 Å². The lowest BCUT2D eigenvalue weighted by Gasteiger charge is -2.16. The average Bonchev–Trinajstić information content (AvgIpc) is 2.90. The number of nitrogens with zero attached hydrogens (tertiary/aromatic N) is 1. The number of carbonyl (C=O) groups excluding carboxylic acids is 1. The van der Waals surface area contributed by atoms with Gasteiger partial charge in [-0.15, -0.1) is 0 Å². The molecule has 5 heteroatoms. The summed E-state index contributed by atoms with van der Waals surface area (Å²) in [5.74, 6) is 0.950. The van der Waals surface area contributed by atoms with Crippen molar-refractivity contribution in [1.82, 2.24) is 4.90 Å². The summed E-state index contributed by atoms with van der Waals surface area (Å²) in [4.78, 5) is 13.8. The van der Waals surface area contributed by atoms with Crippen LogP contribution in [0, 0.1) is 0 Å². The molecule has 18 heavy (non-hydrogen) atoms. The summed E-state index contributed by atoms with van der Waals surface area (Å²) in [6.07, 6.45) is 2.25. The molecule has 0 aromatic heterocycles. The van der Waals surface area contributed by atoms with E-state index in [4.69, 9.17) is 4.74 Å². The molecule has 1 amide bonds. The van der Waals surface area contributed by atoms with Crippen molar-refractivity contribution < 1.29 is 9.53 Å². The van der Waals surface area contributed by atoms with Crippen LogP contribution in [0.4, 0.5) is 5.69 Å². The monoisotopic (exact) mass is 312 g/mol. The van der Waals surface area contributed by atoms with Gasteiger partial charge in [-0.2, -0.15) is 0 Å². The molecular formula is C13H17BrN2O2. The second-order valence-corrected chi connectivity index (χ2v) is 5.15. The highest BCUT2D eigenvalue weighted by molar-refractivity contribution is 9.10. The van der Waals surface area contributed by atoms with E-state index in [1.807, 2.05) is 23.1 Å². The van der Waals surface area contributed by atoms with E-state index in [0.29, 0.717) is 6.54 Å². The van der Waals surface area contributed by atoms with Crippen LogP contribution in [0.1, 0.15) is 12.8 Å². The van der Waals surface area contributed by atoms with Crippen molar-refractivity contribution in [1.29, 1.82) is 0 Å². The van der Waals surface area contributed by atoms with Gasteiger partial charge < -0.3 is 15.0 Å². The highest BCUT2D eigenvalue weighted by Gasteiger charge is 2.17. The van der Waals surface area contributed by atoms with Crippen LogP contribution >= 0.6 is 15.9 Å². The van der Waals surface area contributed by atoms with Gasteiger partial charge in [-0.3, -0.25) is 4.79 Å². The summed E-state index contributed by atoms with van der Waals surface area (Å²) in [6, 6.07) is 5.68. The Kier molecular flexibility index (Phi) is 4.47. The fraction of sp³-hybridized carbons (Fsp3) is 0.462. The number of halogens is 1. The van der Waals surface area contributed by atoms with Crippen LogP contribution in [0.5, 0.6) is 5.75 Å². The minimum absolute atomic E-state index is 0.166. The van der Waals surface area contributed by atoms with E-state index in [-0.39, 0.29) is 5.91 Å². The Morgan fingerprint density at radius 3 is 2.78 bits per heavy atom. The van der Waals surface area contributed by atoms with Crippen molar-refractivity contribution >= 4 is 27.5 Å². The number of carbonyl (C=O) groups is 1. The van der Waals surface area contributed by atoms with Crippen LogP contribution in [-0.4, -0.2) is 37.6 Å². The molecule has 1 aromatic carbocycles. The second-order valence-electron chi connectivity index (χ2n) is 4.29. The lowest BCUT2D eigenvalue weighted by molar-refractivity contribution is -0.128. The molecule has 1 heterocycles. The Morgan fingerprint density at radius 2 is 2.17 bits per heavy atom. The van der Waals surface area contributed by atoms with Gasteiger partial charge in [0.2, 0.25) is 5.91 Å². The van der Waals surface area contributed by atoms with Gasteiger partial charge in [-0.25, -0.2) is 0 Å². The van der Waals surface area contributed by atoms with Gasteiger partial charge >= 0.3 is 0 Å². The zero-order valence-corrected chi connectivity index (χ0v) is 12.0. The maximum Gasteiger partial charge on any atom is 0.241 e. The third-order valence-corrected chi connectivity index (χ3v) is 3.67. The first-order valence-electron chi connectivity index (χ1n) is 6.06. The summed E-state index contributed by atoms with van der Waals surface area (Å²) in [6.45, 7) is 2.14. The summed E-state index contributed by atoms with van der Waals surface area (Å²) >= 11 is 3.42. The van der Waals surface area contributed by atoms with Crippen molar-refractivity contribution in [3.63, 3.8) is 0 Å². The van der Waals surface area contributed by atoms with Crippen LogP contribution in [0.15, 0.2) is 22.7 Å². The molecule has 1 aliphatic heterocycles.